The van der Waals surface area contributed by atoms with Crippen LogP contribution in [0.2, 0.25) is 0 Å². The lowest BCUT2D eigenvalue weighted by atomic mass is 9.94. The Morgan fingerprint density at radius 2 is 1.80 bits per heavy atom. The van der Waals surface area contributed by atoms with Crippen LogP contribution in [-0.2, 0) is 0 Å². The van der Waals surface area contributed by atoms with Gasteiger partial charge >= 0.3 is 5.97 Å². The molecular weight excluding hydrogens is 378 g/mol. The maximum absolute atomic E-state index is 13.0. The van der Waals surface area contributed by atoms with Crippen molar-refractivity contribution in [2.24, 2.45) is 0 Å². The van der Waals surface area contributed by atoms with E-state index in [0.717, 1.165) is 24.9 Å². The molecule has 2 aromatic rings. The molecule has 4 rings (SSSR count). The number of carboxylic acids is 1. The lowest BCUT2D eigenvalue weighted by molar-refractivity contribution is 0.0687. The number of benzene rings is 1. The number of para-hydroxylation sites is 2. The number of fused-ring (bicyclic) bond motifs is 1. The molecule has 1 aliphatic carbocycles. The average molecular weight is 412 g/mol. The SMILES string of the molecule is C[C@@H](C[C@@H]1CCCN1C1CCCCCCC1)n1c(=O)c(C(=O)O)nc2ccccc21. The second kappa shape index (κ2) is 9.29. The maximum Gasteiger partial charge on any atom is 0.360 e. The Kier molecular flexibility index (Phi) is 6.52. The molecule has 2 atom stereocenters. The summed E-state index contributed by atoms with van der Waals surface area (Å²) >= 11 is 0. The van der Waals surface area contributed by atoms with E-state index in [9.17, 15) is 14.7 Å². The smallest absolute Gasteiger partial charge is 0.360 e. The molecule has 0 bridgehead atoms. The average Bonchev–Trinajstić information content (AvgIpc) is 3.14. The highest BCUT2D eigenvalue weighted by molar-refractivity contribution is 5.88. The fraction of sp³-hybridized carbons (Fsp3) is 0.625. The van der Waals surface area contributed by atoms with Crippen molar-refractivity contribution in [3.05, 3.63) is 40.3 Å². The van der Waals surface area contributed by atoms with Crippen molar-refractivity contribution >= 4 is 17.0 Å². The minimum absolute atomic E-state index is 0.0809. The molecule has 1 N–H and O–H groups in total. The number of carbonyl (C=O) groups is 1. The summed E-state index contributed by atoms with van der Waals surface area (Å²) in [6.07, 6.45) is 12.5. The van der Waals surface area contributed by atoms with Gasteiger partial charge in [0.15, 0.2) is 0 Å². The highest BCUT2D eigenvalue weighted by Gasteiger charge is 2.32. The molecule has 1 saturated carbocycles. The lowest BCUT2D eigenvalue weighted by Crippen LogP contribution is -2.41. The third-order valence-corrected chi connectivity index (χ3v) is 7.02. The van der Waals surface area contributed by atoms with Gasteiger partial charge in [-0.25, -0.2) is 9.78 Å². The molecule has 6 nitrogen and oxygen atoms in total. The van der Waals surface area contributed by atoms with Crippen LogP contribution in [0.5, 0.6) is 0 Å². The number of hydrogen-bond donors (Lipinski definition) is 1. The van der Waals surface area contributed by atoms with Crippen LogP contribution in [0.4, 0.5) is 0 Å². The van der Waals surface area contributed by atoms with Crippen LogP contribution < -0.4 is 5.56 Å². The first-order valence-electron chi connectivity index (χ1n) is 11.6. The Bertz CT molecular complexity index is 946. The van der Waals surface area contributed by atoms with Gasteiger partial charge in [-0.1, -0.05) is 44.2 Å². The first-order chi connectivity index (χ1) is 14.6. The summed E-state index contributed by atoms with van der Waals surface area (Å²) in [5.74, 6) is -1.26. The molecule has 1 aromatic heterocycles. The van der Waals surface area contributed by atoms with Crippen molar-refractivity contribution in [3.8, 4) is 0 Å². The van der Waals surface area contributed by atoms with E-state index in [4.69, 9.17) is 0 Å². The molecule has 2 fully saturated rings. The minimum Gasteiger partial charge on any atom is -0.476 e. The van der Waals surface area contributed by atoms with Crippen LogP contribution in [0.3, 0.4) is 0 Å². The van der Waals surface area contributed by atoms with Crippen molar-refractivity contribution in [3.63, 3.8) is 0 Å². The largest absolute Gasteiger partial charge is 0.476 e. The third kappa shape index (κ3) is 4.29. The summed E-state index contributed by atoms with van der Waals surface area (Å²) in [5, 5.41) is 9.49. The highest BCUT2D eigenvalue weighted by atomic mass is 16.4. The summed E-state index contributed by atoms with van der Waals surface area (Å²) in [7, 11) is 0. The predicted octanol–water partition coefficient (Wildman–Crippen LogP) is 4.62. The van der Waals surface area contributed by atoms with E-state index in [1.54, 1.807) is 10.6 Å². The van der Waals surface area contributed by atoms with Crippen molar-refractivity contribution in [2.75, 3.05) is 6.54 Å². The van der Waals surface area contributed by atoms with Crippen LogP contribution in [0.25, 0.3) is 11.0 Å². The van der Waals surface area contributed by atoms with Gasteiger partial charge in [-0.3, -0.25) is 9.69 Å². The molecule has 2 heterocycles. The lowest BCUT2D eigenvalue weighted by Gasteiger charge is -2.36. The van der Waals surface area contributed by atoms with E-state index < -0.39 is 11.5 Å². The number of hydrogen-bond acceptors (Lipinski definition) is 4. The van der Waals surface area contributed by atoms with Gasteiger partial charge in [-0.15, -0.1) is 0 Å². The van der Waals surface area contributed by atoms with Gasteiger partial charge in [0.05, 0.1) is 11.0 Å². The second-order valence-corrected chi connectivity index (χ2v) is 9.05. The predicted molar refractivity (Wildman–Crippen MR) is 118 cm³/mol. The number of likely N-dealkylation sites (tertiary alicyclic amines) is 1. The van der Waals surface area contributed by atoms with E-state index in [2.05, 4.69) is 9.88 Å². The first kappa shape index (κ1) is 21.0. The quantitative estimate of drug-likeness (QED) is 0.777. The molecule has 0 amide bonds. The van der Waals surface area contributed by atoms with Crippen LogP contribution >= 0.6 is 0 Å². The zero-order valence-electron chi connectivity index (χ0n) is 17.9. The van der Waals surface area contributed by atoms with E-state index in [1.807, 2.05) is 25.1 Å². The monoisotopic (exact) mass is 411 g/mol. The Labute approximate surface area is 177 Å². The summed E-state index contributed by atoms with van der Waals surface area (Å²) in [5.41, 5.74) is 0.396. The number of carboxylic acid groups (broad SMARTS) is 1. The van der Waals surface area contributed by atoms with E-state index >= 15 is 0 Å². The van der Waals surface area contributed by atoms with Crippen molar-refractivity contribution < 1.29 is 9.90 Å². The summed E-state index contributed by atoms with van der Waals surface area (Å²) in [4.78, 5) is 31.4. The van der Waals surface area contributed by atoms with Gasteiger partial charge in [0, 0.05) is 18.1 Å². The summed E-state index contributed by atoms with van der Waals surface area (Å²) in [6, 6.07) is 8.38. The van der Waals surface area contributed by atoms with Crippen LogP contribution in [0, 0.1) is 0 Å². The molecule has 0 spiro atoms. The fourth-order valence-electron chi connectivity index (χ4n) is 5.59. The Hall–Kier alpha value is -2.21. The van der Waals surface area contributed by atoms with Crippen molar-refractivity contribution in [1.29, 1.82) is 0 Å². The standard InChI is InChI=1S/C24H33N3O3/c1-17(16-19-12-9-15-26(19)18-10-5-3-2-4-6-11-18)27-21-14-8-7-13-20(21)25-22(23(27)28)24(29)30/h7-8,13-14,17-19H,2-6,9-12,15-16H2,1H3,(H,29,30)/t17-,19-/m0/s1. The normalized spacial score (nSPS) is 22.6. The molecule has 162 valence electrons. The van der Waals surface area contributed by atoms with E-state index in [1.165, 1.54) is 51.4 Å². The first-order valence-corrected chi connectivity index (χ1v) is 11.6. The molecular formula is C24H33N3O3. The minimum atomic E-state index is -1.26. The number of aromatic carboxylic acids is 1. The third-order valence-electron chi connectivity index (χ3n) is 7.02. The van der Waals surface area contributed by atoms with Crippen molar-refractivity contribution in [1.82, 2.24) is 14.5 Å². The van der Waals surface area contributed by atoms with Crippen LogP contribution in [0.15, 0.2) is 29.1 Å². The summed E-state index contributed by atoms with van der Waals surface area (Å²) in [6.45, 7) is 3.20. The zero-order valence-corrected chi connectivity index (χ0v) is 17.9. The molecule has 1 saturated heterocycles. The molecule has 1 aliphatic heterocycles. The Morgan fingerprint density at radius 1 is 1.10 bits per heavy atom. The Morgan fingerprint density at radius 3 is 2.53 bits per heavy atom. The number of nitrogens with zero attached hydrogens (tertiary/aromatic N) is 3. The van der Waals surface area contributed by atoms with Crippen LogP contribution in [0.1, 0.15) is 87.7 Å². The molecule has 30 heavy (non-hydrogen) atoms. The zero-order chi connectivity index (χ0) is 21.1. The van der Waals surface area contributed by atoms with Gasteiger partial charge in [-0.05, 0) is 57.7 Å². The van der Waals surface area contributed by atoms with Crippen molar-refractivity contribution in [2.45, 2.75) is 89.3 Å². The van der Waals surface area contributed by atoms with Gasteiger partial charge in [0.2, 0.25) is 5.69 Å². The topological polar surface area (TPSA) is 75.4 Å². The molecule has 2 aliphatic rings. The molecule has 1 aromatic carbocycles. The van der Waals surface area contributed by atoms with Gasteiger partial charge in [0.1, 0.15) is 0 Å². The number of rotatable bonds is 5. The van der Waals surface area contributed by atoms with Gasteiger partial charge < -0.3 is 9.67 Å². The molecule has 0 unspecified atom stereocenters. The molecule has 0 radical (unpaired) electrons. The second-order valence-electron chi connectivity index (χ2n) is 9.05. The maximum atomic E-state index is 13.0. The number of aromatic nitrogens is 2. The molecule has 6 heteroatoms. The van der Waals surface area contributed by atoms with Gasteiger partial charge in [0.25, 0.3) is 5.56 Å². The van der Waals surface area contributed by atoms with E-state index in [-0.39, 0.29) is 11.7 Å². The van der Waals surface area contributed by atoms with Crippen LogP contribution in [-0.4, -0.2) is 44.2 Å². The fourth-order valence-corrected chi connectivity index (χ4v) is 5.59. The Balaban J connectivity index is 1.61. The summed E-state index contributed by atoms with van der Waals surface area (Å²) < 4.78 is 1.67. The van der Waals surface area contributed by atoms with Gasteiger partial charge in [-0.2, -0.15) is 0 Å². The van der Waals surface area contributed by atoms with E-state index in [0.29, 0.717) is 17.6 Å². The highest BCUT2D eigenvalue weighted by Crippen LogP contribution is 2.32.